The van der Waals surface area contributed by atoms with Crippen LogP contribution in [0, 0.1) is 0 Å². The number of nitrogens with one attached hydrogen (secondary N) is 1. The van der Waals surface area contributed by atoms with Crippen molar-refractivity contribution in [3.05, 3.63) is 64.1 Å². The second-order valence-electron chi connectivity index (χ2n) is 6.65. The molecule has 0 bridgehead atoms. The zero-order chi connectivity index (χ0) is 16.6. The number of carbonyl (C=O) groups is 1. The third-order valence-electron chi connectivity index (χ3n) is 5.28. The topological polar surface area (TPSA) is 38.3 Å². The van der Waals surface area contributed by atoms with Crippen molar-refractivity contribution in [3.8, 4) is 5.75 Å². The fraction of sp³-hybridized carbons (Fsp3) is 0.350. The van der Waals surface area contributed by atoms with Gasteiger partial charge in [-0.1, -0.05) is 52.7 Å². The van der Waals surface area contributed by atoms with Crippen LogP contribution in [0.2, 0.25) is 0 Å². The number of carbonyl (C=O) groups excluding carboxylic acids is 1. The highest BCUT2D eigenvalue weighted by Gasteiger charge is 2.46. The number of amides is 1. The molecule has 4 rings (SSSR count). The average molecular weight is 386 g/mol. The van der Waals surface area contributed by atoms with Crippen molar-refractivity contribution in [1.82, 2.24) is 5.32 Å². The Morgan fingerprint density at radius 1 is 1.17 bits per heavy atom. The van der Waals surface area contributed by atoms with Crippen LogP contribution < -0.4 is 10.1 Å². The number of halogens is 1. The maximum Gasteiger partial charge on any atom is 0.231 e. The van der Waals surface area contributed by atoms with Crippen LogP contribution in [0.4, 0.5) is 0 Å². The van der Waals surface area contributed by atoms with Crippen LogP contribution >= 0.6 is 15.9 Å². The minimum Gasteiger partial charge on any atom is -0.493 e. The van der Waals surface area contributed by atoms with Crippen LogP contribution in [0.5, 0.6) is 5.75 Å². The molecule has 1 aliphatic heterocycles. The molecule has 124 valence electrons. The molecule has 0 aromatic heterocycles. The van der Waals surface area contributed by atoms with Gasteiger partial charge in [-0.2, -0.15) is 0 Å². The largest absolute Gasteiger partial charge is 0.493 e. The third kappa shape index (κ3) is 2.63. The predicted molar refractivity (Wildman–Crippen MR) is 97.1 cm³/mol. The first kappa shape index (κ1) is 15.7. The zero-order valence-electron chi connectivity index (χ0n) is 13.4. The van der Waals surface area contributed by atoms with E-state index in [4.69, 9.17) is 4.74 Å². The number of fused-ring (bicyclic) bond motifs is 1. The van der Waals surface area contributed by atoms with E-state index in [2.05, 4.69) is 39.4 Å². The SMILES string of the molecule is O=C(NC1CCOc2ccc(Br)cc21)C1(c2ccccc2)CCC1. The van der Waals surface area contributed by atoms with E-state index in [0.29, 0.717) is 6.61 Å². The van der Waals surface area contributed by atoms with Crippen molar-refractivity contribution in [3.63, 3.8) is 0 Å². The molecule has 1 N–H and O–H groups in total. The highest BCUT2D eigenvalue weighted by atomic mass is 79.9. The standard InChI is InChI=1S/C20H20BrNO2/c21-15-7-8-18-16(13-15)17(9-12-24-18)22-19(23)20(10-4-11-20)14-5-2-1-3-6-14/h1-3,5-8,13,17H,4,9-12H2,(H,22,23). The Morgan fingerprint density at radius 2 is 1.96 bits per heavy atom. The van der Waals surface area contributed by atoms with Crippen LogP contribution in [0.25, 0.3) is 0 Å². The molecule has 3 nitrogen and oxygen atoms in total. The lowest BCUT2D eigenvalue weighted by Crippen LogP contribution is -2.50. The Balaban J connectivity index is 1.60. The fourth-order valence-corrected chi connectivity index (χ4v) is 4.12. The lowest BCUT2D eigenvalue weighted by molar-refractivity contribution is -0.131. The maximum atomic E-state index is 13.1. The molecule has 2 aliphatic rings. The van der Waals surface area contributed by atoms with E-state index < -0.39 is 0 Å². The summed E-state index contributed by atoms with van der Waals surface area (Å²) in [4.78, 5) is 13.1. The summed E-state index contributed by atoms with van der Waals surface area (Å²) in [5.74, 6) is 1.02. The van der Waals surface area contributed by atoms with Crippen molar-refractivity contribution >= 4 is 21.8 Å². The Bertz CT molecular complexity index is 755. The Labute approximate surface area is 150 Å². The van der Waals surface area contributed by atoms with Gasteiger partial charge in [-0.05, 0) is 36.6 Å². The first-order chi connectivity index (χ1) is 11.7. The van der Waals surface area contributed by atoms with E-state index in [1.165, 1.54) is 0 Å². The Hall–Kier alpha value is -1.81. The lowest BCUT2D eigenvalue weighted by Gasteiger charge is -2.42. The minimum absolute atomic E-state index is 0.0138. The molecule has 1 unspecified atom stereocenters. The van der Waals surface area contributed by atoms with Gasteiger partial charge in [0.25, 0.3) is 0 Å². The van der Waals surface area contributed by atoms with E-state index in [1.807, 2.05) is 30.3 Å². The highest BCUT2D eigenvalue weighted by molar-refractivity contribution is 9.10. The summed E-state index contributed by atoms with van der Waals surface area (Å²) in [6.07, 6.45) is 3.77. The molecule has 0 radical (unpaired) electrons. The summed E-state index contributed by atoms with van der Waals surface area (Å²) >= 11 is 3.52. The second-order valence-corrected chi connectivity index (χ2v) is 7.56. The molecule has 0 spiro atoms. The summed E-state index contributed by atoms with van der Waals surface area (Å²) in [5.41, 5.74) is 1.84. The molecule has 24 heavy (non-hydrogen) atoms. The molecule has 2 aromatic rings. The van der Waals surface area contributed by atoms with Crippen LogP contribution in [0.3, 0.4) is 0 Å². The van der Waals surface area contributed by atoms with Gasteiger partial charge in [0.2, 0.25) is 5.91 Å². The monoisotopic (exact) mass is 385 g/mol. The van der Waals surface area contributed by atoms with E-state index >= 15 is 0 Å². The lowest BCUT2D eigenvalue weighted by atomic mass is 9.63. The van der Waals surface area contributed by atoms with Gasteiger partial charge in [-0.15, -0.1) is 0 Å². The van der Waals surface area contributed by atoms with Gasteiger partial charge in [0.05, 0.1) is 18.1 Å². The number of ether oxygens (including phenoxy) is 1. The molecular formula is C20H20BrNO2. The molecular weight excluding hydrogens is 366 g/mol. The van der Waals surface area contributed by atoms with E-state index in [9.17, 15) is 4.79 Å². The normalized spacial score (nSPS) is 21.1. The molecule has 1 heterocycles. The third-order valence-corrected chi connectivity index (χ3v) is 5.78. The van der Waals surface area contributed by atoms with Crippen molar-refractivity contribution < 1.29 is 9.53 Å². The molecule has 0 saturated heterocycles. The Morgan fingerprint density at radius 3 is 2.67 bits per heavy atom. The molecule has 1 fully saturated rings. The van der Waals surface area contributed by atoms with Gasteiger partial charge < -0.3 is 10.1 Å². The van der Waals surface area contributed by atoms with Gasteiger partial charge in [0.15, 0.2) is 0 Å². The fourth-order valence-electron chi connectivity index (χ4n) is 3.75. The zero-order valence-corrected chi connectivity index (χ0v) is 15.0. The summed E-state index contributed by atoms with van der Waals surface area (Å²) in [5, 5.41) is 3.30. The number of rotatable bonds is 3. The van der Waals surface area contributed by atoms with Crippen LogP contribution in [-0.4, -0.2) is 12.5 Å². The molecule has 1 amide bonds. The first-order valence-electron chi connectivity index (χ1n) is 8.48. The highest BCUT2D eigenvalue weighted by Crippen LogP contribution is 2.45. The second kappa shape index (κ2) is 6.25. The smallest absolute Gasteiger partial charge is 0.231 e. The van der Waals surface area contributed by atoms with Gasteiger partial charge in [-0.25, -0.2) is 0 Å². The van der Waals surface area contributed by atoms with Crippen molar-refractivity contribution in [1.29, 1.82) is 0 Å². The molecule has 4 heteroatoms. The molecule has 2 aromatic carbocycles. The quantitative estimate of drug-likeness (QED) is 0.843. The van der Waals surface area contributed by atoms with Gasteiger partial charge in [0.1, 0.15) is 5.75 Å². The van der Waals surface area contributed by atoms with Crippen LogP contribution in [-0.2, 0) is 10.2 Å². The van der Waals surface area contributed by atoms with Gasteiger partial charge >= 0.3 is 0 Å². The summed E-state index contributed by atoms with van der Waals surface area (Å²) < 4.78 is 6.74. The van der Waals surface area contributed by atoms with Gasteiger partial charge in [0, 0.05) is 16.5 Å². The van der Waals surface area contributed by atoms with E-state index in [1.54, 1.807) is 0 Å². The summed E-state index contributed by atoms with van der Waals surface area (Å²) in [6, 6.07) is 16.2. The van der Waals surface area contributed by atoms with Crippen LogP contribution in [0.15, 0.2) is 53.0 Å². The van der Waals surface area contributed by atoms with Crippen molar-refractivity contribution in [2.24, 2.45) is 0 Å². The Kier molecular flexibility index (Phi) is 4.09. The van der Waals surface area contributed by atoms with E-state index in [0.717, 1.165) is 47.0 Å². The predicted octanol–water partition coefficient (Wildman–Crippen LogP) is 4.51. The molecule has 1 aliphatic carbocycles. The number of benzene rings is 2. The number of hydrogen-bond donors (Lipinski definition) is 1. The average Bonchev–Trinajstić information content (AvgIpc) is 2.55. The van der Waals surface area contributed by atoms with E-state index in [-0.39, 0.29) is 17.4 Å². The minimum atomic E-state index is -0.355. The van der Waals surface area contributed by atoms with Crippen molar-refractivity contribution in [2.75, 3.05) is 6.61 Å². The first-order valence-corrected chi connectivity index (χ1v) is 9.27. The van der Waals surface area contributed by atoms with Crippen molar-refractivity contribution in [2.45, 2.75) is 37.1 Å². The summed E-state index contributed by atoms with van der Waals surface area (Å²) in [7, 11) is 0. The number of hydrogen-bond acceptors (Lipinski definition) is 2. The van der Waals surface area contributed by atoms with Crippen LogP contribution in [0.1, 0.15) is 42.9 Å². The molecule has 1 atom stereocenters. The maximum absolute atomic E-state index is 13.1. The summed E-state index contributed by atoms with van der Waals surface area (Å²) in [6.45, 7) is 0.637. The van der Waals surface area contributed by atoms with Gasteiger partial charge in [-0.3, -0.25) is 4.79 Å². The molecule has 1 saturated carbocycles.